The third kappa shape index (κ3) is 3.00. The third-order valence-electron chi connectivity index (χ3n) is 2.60. The molecule has 0 aromatic heterocycles. The number of alkyl halides is 4. The van der Waals surface area contributed by atoms with Gasteiger partial charge in [-0.2, -0.15) is 13.2 Å². The number of rotatable bonds is 4. The van der Waals surface area contributed by atoms with Crippen LogP contribution in [-0.4, -0.2) is 24.2 Å². The van der Waals surface area contributed by atoms with Crippen LogP contribution in [0.5, 0.6) is 0 Å². The van der Waals surface area contributed by atoms with Gasteiger partial charge in [-0.25, -0.2) is 0 Å². The molecule has 0 aliphatic carbocycles. The maximum absolute atomic E-state index is 12.4. The Morgan fingerprint density at radius 2 is 1.65 bits per heavy atom. The molecule has 0 saturated carbocycles. The molecule has 2 nitrogen and oxygen atoms in total. The van der Waals surface area contributed by atoms with Gasteiger partial charge < -0.3 is 9.84 Å². The number of hydrogen-bond donors (Lipinski definition) is 1. The lowest BCUT2D eigenvalue weighted by molar-refractivity contribution is -0.137. The van der Waals surface area contributed by atoms with E-state index in [1.807, 2.05) is 0 Å². The van der Waals surface area contributed by atoms with Crippen LogP contribution in [0.1, 0.15) is 11.1 Å². The zero-order valence-corrected chi connectivity index (χ0v) is 10.7. The molecule has 0 heterocycles. The van der Waals surface area contributed by atoms with Gasteiger partial charge in [-0.1, -0.05) is 28.1 Å². The minimum absolute atomic E-state index is 0.290. The van der Waals surface area contributed by atoms with Crippen molar-refractivity contribution in [3.05, 3.63) is 35.4 Å². The summed E-state index contributed by atoms with van der Waals surface area (Å²) < 4.78 is 42.3. The number of halogens is 4. The Hall–Kier alpha value is -0.590. The molecule has 96 valence electrons. The molecule has 0 fully saturated rings. The quantitative estimate of drug-likeness (QED) is 0.866. The van der Waals surface area contributed by atoms with E-state index >= 15 is 0 Å². The summed E-state index contributed by atoms with van der Waals surface area (Å²) in [6.45, 7) is -0.319. The van der Waals surface area contributed by atoms with Crippen LogP contribution in [-0.2, 0) is 16.5 Å². The van der Waals surface area contributed by atoms with Gasteiger partial charge in [-0.15, -0.1) is 0 Å². The van der Waals surface area contributed by atoms with Gasteiger partial charge in [0.1, 0.15) is 5.60 Å². The van der Waals surface area contributed by atoms with E-state index in [-0.39, 0.29) is 6.61 Å². The van der Waals surface area contributed by atoms with Gasteiger partial charge in [-0.3, -0.25) is 0 Å². The van der Waals surface area contributed by atoms with E-state index in [1.165, 1.54) is 19.2 Å². The molecule has 1 aromatic rings. The Kier molecular flexibility index (Phi) is 4.57. The molecule has 0 aliphatic rings. The summed E-state index contributed by atoms with van der Waals surface area (Å²) in [7, 11) is 1.40. The van der Waals surface area contributed by atoms with Crippen molar-refractivity contribution in [1.29, 1.82) is 0 Å². The van der Waals surface area contributed by atoms with Crippen LogP contribution in [0.25, 0.3) is 0 Å². The summed E-state index contributed by atoms with van der Waals surface area (Å²) >= 11 is 3.18. The van der Waals surface area contributed by atoms with Crippen molar-refractivity contribution in [2.45, 2.75) is 11.8 Å². The molecule has 0 aliphatic heterocycles. The molecule has 0 saturated heterocycles. The maximum Gasteiger partial charge on any atom is 0.416 e. The van der Waals surface area contributed by atoms with Crippen molar-refractivity contribution in [3.8, 4) is 0 Å². The Bertz CT molecular complexity index is 350. The number of methoxy groups -OCH3 is 1. The Balaban J connectivity index is 3.09. The minimum Gasteiger partial charge on any atom is -0.393 e. The maximum atomic E-state index is 12.4. The monoisotopic (exact) mass is 312 g/mol. The van der Waals surface area contributed by atoms with Gasteiger partial charge in [0, 0.05) is 12.4 Å². The molecule has 0 bridgehead atoms. The highest BCUT2D eigenvalue weighted by atomic mass is 79.9. The molecule has 1 unspecified atom stereocenters. The van der Waals surface area contributed by atoms with E-state index in [9.17, 15) is 18.3 Å². The molecule has 0 radical (unpaired) electrons. The summed E-state index contributed by atoms with van der Waals surface area (Å²) in [5.41, 5.74) is -1.24. The van der Waals surface area contributed by atoms with Crippen molar-refractivity contribution in [1.82, 2.24) is 0 Å². The largest absolute Gasteiger partial charge is 0.416 e. The average Bonchev–Trinajstić information content (AvgIpc) is 2.32. The summed E-state index contributed by atoms with van der Waals surface area (Å²) in [4.78, 5) is 0. The predicted octanol–water partition coefficient (Wildman–Crippen LogP) is 2.93. The molecule has 6 heteroatoms. The lowest BCUT2D eigenvalue weighted by Crippen LogP contribution is -2.34. The molecule has 1 aromatic carbocycles. The van der Waals surface area contributed by atoms with E-state index in [0.29, 0.717) is 10.9 Å². The van der Waals surface area contributed by atoms with E-state index < -0.39 is 17.3 Å². The first-order valence-corrected chi connectivity index (χ1v) is 5.91. The van der Waals surface area contributed by atoms with E-state index in [2.05, 4.69) is 15.9 Å². The van der Waals surface area contributed by atoms with Crippen LogP contribution in [0, 0.1) is 0 Å². The Morgan fingerprint density at radius 3 is 1.94 bits per heavy atom. The predicted molar refractivity (Wildman–Crippen MR) is 61.0 cm³/mol. The topological polar surface area (TPSA) is 29.5 Å². The third-order valence-corrected chi connectivity index (χ3v) is 3.51. The average molecular weight is 313 g/mol. The second-order valence-electron chi connectivity index (χ2n) is 3.57. The highest BCUT2D eigenvalue weighted by Crippen LogP contribution is 2.32. The SMILES string of the molecule is COC(CO)(CBr)c1ccc(C(F)(F)F)cc1. The summed E-state index contributed by atoms with van der Waals surface area (Å²) in [5, 5.41) is 9.57. The Labute approximate surface area is 106 Å². The van der Waals surface area contributed by atoms with Crippen molar-refractivity contribution < 1.29 is 23.0 Å². The van der Waals surface area contributed by atoms with Gasteiger partial charge >= 0.3 is 6.18 Å². The first-order valence-electron chi connectivity index (χ1n) is 4.79. The molecule has 1 rings (SSSR count). The summed E-state index contributed by atoms with van der Waals surface area (Å²) in [6, 6.07) is 4.57. The smallest absolute Gasteiger partial charge is 0.393 e. The van der Waals surface area contributed by atoms with Crippen molar-refractivity contribution in [3.63, 3.8) is 0 Å². The van der Waals surface area contributed by atoms with Crippen LogP contribution in [0.4, 0.5) is 13.2 Å². The second kappa shape index (κ2) is 5.37. The highest BCUT2D eigenvalue weighted by Gasteiger charge is 2.33. The number of aliphatic hydroxyl groups excluding tert-OH is 1. The fourth-order valence-electron chi connectivity index (χ4n) is 1.41. The molecular formula is C11H12BrF3O2. The first-order chi connectivity index (χ1) is 7.89. The number of hydrogen-bond acceptors (Lipinski definition) is 2. The van der Waals surface area contributed by atoms with Gasteiger partial charge in [-0.05, 0) is 17.7 Å². The molecule has 0 amide bonds. The highest BCUT2D eigenvalue weighted by molar-refractivity contribution is 9.09. The number of aliphatic hydroxyl groups is 1. The fraction of sp³-hybridized carbons (Fsp3) is 0.455. The summed E-state index contributed by atoms with van der Waals surface area (Å²) in [5.74, 6) is 0. The van der Waals surface area contributed by atoms with Crippen LogP contribution in [0.2, 0.25) is 0 Å². The van der Waals surface area contributed by atoms with Crippen molar-refractivity contribution in [2.75, 3.05) is 19.0 Å². The van der Waals surface area contributed by atoms with Crippen LogP contribution < -0.4 is 0 Å². The molecule has 1 atom stereocenters. The number of benzene rings is 1. The van der Waals surface area contributed by atoms with Gasteiger partial charge in [0.05, 0.1) is 12.2 Å². The van der Waals surface area contributed by atoms with E-state index in [1.54, 1.807) is 0 Å². The van der Waals surface area contributed by atoms with E-state index in [0.717, 1.165) is 12.1 Å². The minimum atomic E-state index is -4.36. The van der Waals surface area contributed by atoms with Gasteiger partial charge in [0.25, 0.3) is 0 Å². The van der Waals surface area contributed by atoms with Crippen molar-refractivity contribution >= 4 is 15.9 Å². The van der Waals surface area contributed by atoms with Crippen LogP contribution >= 0.6 is 15.9 Å². The molecular weight excluding hydrogens is 301 g/mol. The van der Waals surface area contributed by atoms with Gasteiger partial charge in [0.15, 0.2) is 0 Å². The standard InChI is InChI=1S/C11H12BrF3O2/c1-17-10(6-12,7-16)8-2-4-9(5-3-8)11(13,14)15/h2-5,16H,6-7H2,1H3. The van der Waals surface area contributed by atoms with Crippen LogP contribution in [0.15, 0.2) is 24.3 Å². The zero-order valence-electron chi connectivity index (χ0n) is 9.09. The lowest BCUT2D eigenvalue weighted by atomic mass is 9.95. The van der Waals surface area contributed by atoms with Gasteiger partial charge in [0.2, 0.25) is 0 Å². The van der Waals surface area contributed by atoms with E-state index in [4.69, 9.17) is 4.74 Å². The zero-order chi connectivity index (χ0) is 13.1. The molecule has 1 N–H and O–H groups in total. The summed E-state index contributed by atoms with van der Waals surface area (Å²) in [6.07, 6.45) is -4.36. The molecule has 17 heavy (non-hydrogen) atoms. The first kappa shape index (κ1) is 14.5. The fourth-order valence-corrected chi connectivity index (χ4v) is 2.14. The van der Waals surface area contributed by atoms with Crippen LogP contribution in [0.3, 0.4) is 0 Å². The Morgan fingerprint density at radius 1 is 1.18 bits per heavy atom. The van der Waals surface area contributed by atoms with Crippen molar-refractivity contribution in [2.24, 2.45) is 0 Å². The normalized spacial score (nSPS) is 15.6. The second-order valence-corrected chi connectivity index (χ2v) is 4.13. The lowest BCUT2D eigenvalue weighted by Gasteiger charge is -2.29. The molecule has 0 spiro atoms. The number of ether oxygens (including phenoxy) is 1.